The molecule has 0 bridgehead atoms. The first-order valence-electron chi connectivity index (χ1n) is 5.67. The summed E-state index contributed by atoms with van der Waals surface area (Å²) in [5.41, 5.74) is 5.79. The number of hydrogen-bond donors (Lipinski definition) is 4. The molecule has 0 saturated heterocycles. The summed E-state index contributed by atoms with van der Waals surface area (Å²) in [5, 5.41) is 12.5. The van der Waals surface area contributed by atoms with E-state index >= 15 is 0 Å². The van der Waals surface area contributed by atoms with Gasteiger partial charge in [0.1, 0.15) is 5.82 Å². The molecule has 1 rings (SSSR count). The van der Waals surface area contributed by atoms with E-state index in [4.69, 9.17) is 11.1 Å². The number of carbonyl (C=O) groups excluding carboxylic acids is 1. The fourth-order valence-electron chi connectivity index (χ4n) is 1.45. The van der Waals surface area contributed by atoms with Crippen molar-refractivity contribution in [3.63, 3.8) is 0 Å². The molecule has 0 aliphatic heterocycles. The quantitative estimate of drug-likeness (QED) is 0.477. The summed E-state index contributed by atoms with van der Waals surface area (Å²) in [4.78, 5) is 11.6. The number of benzene rings is 1. The number of carbonyl (C=O) groups is 1. The summed E-state index contributed by atoms with van der Waals surface area (Å²) in [6.45, 7) is 1.89. The van der Waals surface area contributed by atoms with Crippen molar-refractivity contribution in [1.82, 2.24) is 5.32 Å². The van der Waals surface area contributed by atoms with Crippen molar-refractivity contribution >= 4 is 17.6 Å². The molecule has 6 heteroatoms. The average molecular weight is 252 g/mol. The van der Waals surface area contributed by atoms with E-state index in [0.717, 1.165) is 0 Å². The van der Waals surface area contributed by atoms with Gasteiger partial charge in [-0.3, -0.25) is 5.41 Å². The highest BCUT2D eigenvalue weighted by atomic mass is 19.1. The molecule has 0 radical (unpaired) electrons. The Morgan fingerprint density at radius 1 is 1.44 bits per heavy atom. The van der Waals surface area contributed by atoms with Gasteiger partial charge >= 0.3 is 6.03 Å². The van der Waals surface area contributed by atoms with Gasteiger partial charge in [-0.25, -0.2) is 9.18 Å². The van der Waals surface area contributed by atoms with Crippen LogP contribution in [0.15, 0.2) is 24.3 Å². The second kappa shape index (κ2) is 6.58. The number of nitrogens with two attached hydrogens (primary N) is 1. The van der Waals surface area contributed by atoms with Gasteiger partial charge in [0.25, 0.3) is 0 Å². The van der Waals surface area contributed by atoms with Crippen molar-refractivity contribution < 1.29 is 9.18 Å². The van der Waals surface area contributed by atoms with Crippen molar-refractivity contribution in [3.05, 3.63) is 30.1 Å². The fourth-order valence-corrected chi connectivity index (χ4v) is 1.45. The molecule has 1 aromatic rings. The number of hydrogen-bond acceptors (Lipinski definition) is 2. The SMILES string of the molecule is CCC(CC(=N)N)NC(=O)Nc1ccc(F)cc1. The van der Waals surface area contributed by atoms with E-state index < -0.39 is 6.03 Å². The average Bonchev–Trinajstić information content (AvgIpc) is 2.30. The van der Waals surface area contributed by atoms with Crippen LogP contribution in [0.5, 0.6) is 0 Å². The van der Waals surface area contributed by atoms with Gasteiger partial charge < -0.3 is 16.4 Å². The summed E-state index contributed by atoms with van der Waals surface area (Å²) in [5.74, 6) is -0.326. The Labute approximate surface area is 105 Å². The molecule has 0 aliphatic rings. The van der Waals surface area contributed by atoms with Crippen molar-refractivity contribution in [2.75, 3.05) is 5.32 Å². The zero-order valence-corrected chi connectivity index (χ0v) is 10.2. The fraction of sp³-hybridized carbons (Fsp3) is 0.333. The molecule has 0 heterocycles. The Hall–Kier alpha value is -2.11. The summed E-state index contributed by atoms with van der Waals surface area (Å²) in [7, 11) is 0. The zero-order valence-electron chi connectivity index (χ0n) is 10.2. The molecule has 0 aliphatic carbocycles. The van der Waals surface area contributed by atoms with Crippen molar-refractivity contribution in [3.8, 4) is 0 Å². The smallest absolute Gasteiger partial charge is 0.319 e. The summed E-state index contributed by atoms with van der Waals surface area (Å²) >= 11 is 0. The monoisotopic (exact) mass is 252 g/mol. The van der Waals surface area contributed by atoms with Crippen LogP contribution in [0.25, 0.3) is 0 Å². The summed E-state index contributed by atoms with van der Waals surface area (Å²) in [6.07, 6.45) is 0.990. The maximum absolute atomic E-state index is 12.7. The van der Waals surface area contributed by atoms with Gasteiger partial charge in [-0.2, -0.15) is 0 Å². The second-order valence-corrected chi connectivity index (χ2v) is 3.94. The third kappa shape index (κ3) is 4.82. The van der Waals surface area contributed by atoms with Gasteiger partial charge in [-0.1, -0.05) is 6.92 Å². The van der Waals surface area contributed by atoms with E-state index in [1.807, 2.05) is 6.92 Å². The number of halogens is 1. The van der Waals surface area contributed by atoms with Gasteiger partial charge in [-0.05, 0) is 30.7 Å². The number of amides is 2. The largest absolute Gasteiger partial charge is 0.388 e. The highest BCUT2D eigenvalue weighted by Crippen LogP contribution is 2.08. The molecule has 5 nitrogen and oxygen atoms in total. The lowest BCUT2D eigenvalue weighted by molar-refractivity contribution is 0.248. The first-order chi connectivity index (χ1) is 8.51. The second-order valence-electron chi connectivity index (χ2n) is 3.94. The third-order valence-corrected chi connectivity index (χ3v) is 2.40. The van der Waals surface area contributed by atoms with Gasteiger partial charge in [0.2, 0.25) is 0 Å². The Morgan fingerprint density at radius 2 is 2.06 bits per heavy atom. The Balaban J connectivity index is 2.49. The van der Waals surface area contributed by atoms with E-state index in [1.54, 1.807) is 0 Å². The highest BCUT2D eigenvalue weighted by Gasteiger charge is 2.11. The number of urea groups is 1. The van der Waals surface area contributed by atoms with Crippen LogP contribution in [0, 0.1) is 11.2 Å². The molecule has 98 valence electrons. The zero-order chi connectivity index (χ0) is 13.5. The molecule has 18 heavy (non-hydrogen) atoms. The third-order valence-electron chi connectivity index (χ3n) is 2.40. The van der Waals surface area contributed by atoms with Gasteiger partial charge in [0, 0.05) is 18.2 Å². The predicted molar refractivity (Wildman–Crippen MR) is 69.2 cm³/mol. The molecule has 0 fully saturated rings. The lowest BCUT2D eigenvalue weighted by Gasteiger charge is -2.16. The van der Waals surface area contributed by atoms with Crippen LogP contribution in [-0.4, -0.2) is 17.9 Å². The van der Waals surface area contributed by atoms with Crippen LogP contribution in [0.1, 0.15) is 19.8 Å². The summed E-state index contributed by atoms with van der Waals surface area (Å²) < 4.78 is 12.7. The van der Waals surface area contributed by atoms with Crippen LogP contribution in [0.4, 0.5) is 14.9 Å². The molecule has 1 unspecified atom stereocenters. The number of nitrogens with one attached hydrogen (secondary N) is 3. The first kappa shape index (κ1) is 14.0. The molecule has 0 aromatic heterocycles. The predicted octanol–water partition coefficient (Wildman–Crippen LogP) is 2.05. The normalized spacial score (nSPS) is 11.7. The van der Waals surface area contributed by atoms with E-state index in [-0.39, 0.29) is 17.7 Å². The van der Waals surface area contributed by atoms with Crippen LogP contribution < -0.4 is 16.4 Å². The maximum Gasteiger partial charge on any atom is 0.319 e. The minimum absolute atomic E-state index is 0.0314. The minimum atomic E-state index is -0.394. The number of anilines is 1. The Bertz CT molecular complexity index is 419. The maximum atomic E-state index is 12.7. The first-order valence-corrected chi connectivity index (χ1v) is 5.67. The molecule has 0 saturated carbocycles. The van der Waals surface area contributed by atoms with Crippen LogP contribution in [0.3, 0.4) is 0 Å². The summed E-state index contributed by atoms with van der Waals surface area (Å²) in [6, 6.07) is 4.91. The number of rotatable bonds is 5. The van der Waals surface area contributed by atoms with Gasteiger partial charge in [0.15, 0.2) is 0 Å². The van der Waals surface area contributed by atoms with E-state index in [0.29, 0.717) is 18.5 Å². The van der Waals surface area contributed by atoms with Crippen molar-refractivity contribution in [2.45, 2.75) is 25.8 Å². The number of amidine groups is 1. The Morgan fingerprint density at radius 3 is 2.56 bits per heavy atom. The molecule has 2 amide bonds. The van der Waals surface area contributed by atoms with Crippen LogP contribution >= 0.6 is 0 Å². The van der Waals surface area contributed by atoms with Gasteiger partial charge in [0.05, 0.1) is 5.84 Å². The molecular weight excluding hydrogens is 235 g/mol. The lowest BCUT2D eigenvalue weighted by Crippen LogP contribution is -2.39. The molecule has 1 aromatic carbocycles. The highest BCUT2D eigenvalue weighted by molar-refractivity contribution is 5.89. The standard InChI is InChI=1S/C12H17FN4O/c1-2-9(7-11(14)15)16-12(18)17-10-5-3-8(13)4-6-10/h3-6,9H,2,7H2,1H3,(H3,14,15)(H2,16,17,18). The van der Waals surface area contributed by atoms with Gasteiger partial charge in [-0.15, -0.1) is 0 Å². The van der Waals surface area contributed by atoms with E-state index in [9.17, 15) is 9.18 Å². The molecule has 1 atom stereocenters. The molecule has 0 spiro atoms. The van der Waals surface area contributed by atoms with E-state index in [1.165, 1.54) is 24.3 Å². The van der Waals surface area contributed by atoms with Crippen molar-refractivity contribution in [2.24, 2.45) is 5.73 Å². The lowest BCUT2D eigenvalue weighted by atomic mass is 10.1. The molecule has 5 N–H and O–H groups in total. The van der Waals surface area contributed by atoms with Crippen molar-refractivity contribution in [1.29, 1.82) is 5.41 Å². The molecular formula is C12H17FN4O. The van der Waals surface area contributed by atoms with Crippen LogP contribution in [0.2, 0.25) is 0 Å². The van der Waals surface area contributed by atoms with E-state index in [2.05, 4.69) is 10.6 Å². The Kier molecular flexibility index (Phi) is 5.10. The van der Waals surface area contributed by atoms with Crippen LogP contribution in [-0.2, 0) is 0 Å². The minimum Gasteiger partial charge on any atom is -0.388 e. The topological polar surface area (TPSA) is 91.0 Å².